The number of methoxy groups -OCH3 is 1. The first kappa shape index (κ1) is 18.7. The number of amides is 1. The second-order valence-corrected chi connectivity index (χ2v) is 7.17. The maximum absolute atomic E-state index is 12.5. The van der Waals surface area contributed by atoms with E-state index in [9.17, 15) is 4.79 Å². The van der Waals surface area contributed by atoms with Gasteiger partial charge < -0.3 is 10.1 Å². The summed E-state index contributed by atoms with van der Waals surface area (Å²) in [7, 11) is 1.62. The number of aryl methyl sites for hydroxylation is 2. The van der Waals surface area contributed by atoms with E-state index in [-0.39, 0.29) is 12.3 Å². The van der Waals surface area contributed by atoms with Gasteiger partial charge in [0, 0.05) is 5.39 Å². The van der Waals surface area contributed by atoms with Gasteiger partial charge in [0.05, 0.1) is 19.0 Å². The Labute approximate surface area is 169 Å². The van der Waals surface area contributed by atoms with E-state index >= 15 is 0 Å². The molecule has 0 aliphatic heterocycles. The number of carbonyl (C=O) groups is 1. The fraction of sp³-hybridized carbons (Fsp3) is 0.167. The van der Waals surface area contributed by atoms with Crippen LogP contribution in [-0.4, -0.2) is 23.2 Å². The smallest absolute Gasteiger partial charge is 0.230 e. The average Bonchev–Trinajstić information content (AvgIpc) is 3.10. The molecule has 4 aromatic rings. The number of H-pyrrole nitrogens is 1. The highest BCUT2D eigenvalue weighted by atomic mass is 16.5. The normalized spacial score (nSPS) is 10.9. The first-order valence-electron chi connectivity index (χ1n) is 9.52. The van der Waals surface area contributed by atoms with Crippen molar-refractivity contribution in [1.29, 1.82) is 0 Å². The number of anilines is 1. The first-order valence-corrected chi connectivity index (χ1v) is 9.52. The fourth-order valence-electron chi connectivity index (χ4n) is 3.65. The molecule has 0 fully saturated rings. The zero-order valence-electron chi connectivity index (χ0n) is 16.7. The molecule has 29 heavy (non-hydrogen) atoms. The number of nitrogens with zero attached hydrogens (tertiary/aromatic N) is 1. The highest BCUT2D eigenvalue weighted by Crippen LogP contribution is 2.31. The minimum atomic E-state index is -0.109. The Kier molecular flexibility index (Phi) is 5.04. The zero-order valence-corrected chi connectivity index (χ0v) is 16.7. The third-order valence-electron chi connectivity index (χ3n) is 5.11. The lowest BCUT2D eigenvalue weighted by Gasteiger charge is -2.10. The molecule has 0 bridgehead atoms. The van der Waals surface area contributed by atoms with Crippen LogP contribution < -0.4 is 10.1 Å². The van der Waals surface area contributed by atoms with E-state index in [1.165, 1.54) is 16.7 Å². The van der Waals surface area contributed by atoms with Crippen LogP contribution in [-0.2, 0) is 11.2 Å². The third-order valence-corrected chi connectivity index (χ3v) is 5.11. The summed E-state index contributed by atoms with van der Waals surface area (Å²) >= 11 is 0. The number of aromatic amines is 1. The molecular formula is C24H23N3O2. The lowest BCUT2D eigenvalue weighted by atomic mass is 9.95. The van der Waals surface area contributed by atoms with E-state index in [0.717, 1.165) is 27.8 Å². The van der Waals surface area contributed by atoms with Gasteiger partial charge in [0.2, 0.25) is 5.91 Å². The van der Waals surface area contributed by atoms with Crippen molar-refractivity contribution in [3.63, 3.8) is 0 Å². The monoisotopic (exact) mass is 385 g/mol. The summed E-state index contributed by atoms with van der Waals surface area (Å²) in [5.74, 6) is 1.21. The van der Waals surface area contributed by atoms with Gasteiger partial charge in [-0.1, -0.05) is 36.4 Å². The van der Waals surface area contributed by atoms with Gasteiger partial charge in [-0.25, -0.2) is 0 Å². The first-order chi connectivity index (χ1) is 14.0. The van der Waals surface area contributed by atoms with Crippen LogP contribution in [0.3, 0.4) is 0 Å². The van der Waals surface area contributed by atoms with Gasteiger partial charge in [0.15, 0.2) is 5.82 Å². The molecule has 4 rings (SSSR count). The lowest BCUT2D eigenvalue weighted by molar-refractivity contribution is -0.115. The van der Waals surface area contributed by atoms with Crippen LogP contribution in [0.15, 0.2) is 60.7 Å². The lowest BCUT2D eigenvalue weighted by Crippen LogP contribution is -2.14. The van der Waals surface area contributed by atoms with Gasteiger partial charge in [-0.3, -0.25) is 9.89 Å². The molecule has 2 N–H and O–H groups in total. The summed E-state index contributed by atoms with van der Waals surface area (Å²) in [5, 5.41) is 11.2. The molecule has 0 unspecified atom stereocenters. The van der Waals surface area contributed by atoms with Gasteiger partial charge in [-0.2, -0.15) is 5.10 Å². The van der Waals surface area contributed by atoms with Crippen molar-refractivity contribution in [2.75, 3.05) is 12.4 Å². The highest BCUT2D eigenvalue weighted by Gasteiger charge is 2.12. The van der Waals surface area contributed by atoms with Crippen molar-refractivity contribution in [2.45, 2.75) is 20.3 Å². The molecular weight excluding hydrogens is 362 g/mol. The number of benzene rings is 3. The van der Waals surface area contributed by atoms with Crippen molar-refractivity contribution in [3.05, 3.63) is 77.4 Å². The second kappa shape index (κ2) is 7.80. The van der Waals surface area contributed by atoms with Crippen molar-refractivity contribution in [1.82, 2.24) is 10.2 Å². The Hall–Kier alpha value is -3.60. The quantitative estimate of drug-likeness (QED) is 0.506. The summed E-state index contributed by atoms with van der Waals surface area (Å²) in [4.78, 5) is 12.5. The number of rotatable bonds is 5. The molecule has 0 radical (unpaired) electrons. The number of ether oxygens (including phenoxy) is 1. The Balaban J connectivity index is 1.55. The van der Waals surface area contributed by atoms with E-state index in [1.54, 1.807) is 7.11 Å². The molecule has 3 aromatic carbocycles. The third kappa shape index (κ3) is 3.85. The van der Waals surface area contributed by atoms with Crippen LogP contribution in [0, 0.1) is 13.8 Å². The van der Waals surface area contributed by atoms with Gasteiger partial charge in [0.1, 0.15) is 5.75 Å². The molecule has 0 spiro atoms. The number of carbonyl (C=O) groups excluding carboxylic acids is 1. The van der Waals surface area contributed by atoms with Crippen LogP contribution in [0.5, 0.6) is 5.75 Å². The molecule has 5 nitrogen and oxygen atoms in total. The standard InChI is InChI=1S/C24H23N3O2/c1-15-5-4-6-16(2)23(15)18-9-12-20-21(14-18)26-27-24(20)25-22(28)13-17-7-10-19(29-3)11-8-17/h4-12,14H,13H2,1-3H3,(H2,25,26,27,28). The van der Waals surface area contributed by atoms with Crippen molar-refractivity contribution in [3.8, 4) is 16.9 Å². The summed E-state index contributed by atoms with van der Waals surface area (Å²) in [6, 6.07) is 19.9. The summed E-state index contributed by atoms with van der Waals surface area (Å²) in [5.41, 5.74) is 6.64. The highest BCUT2D eigenvalue weighted by molar-refractivity contribution is 6.01. The van der Waals surface area contributed by atoms with E-state index in [1.807, 2.05) is 30.3 Å². The van der Waals surface area contributed by atoms with E-state index < -0.39 is 0 Å². The molecule has 0 atom stereocenters. The van der Waals surface area contributed by atoms with Crippen molar-refractivity contribution < 1.29 is 9.53 Å². The summed E-state index contributed by atoms with van der Waals surface area (Å²) < 4.78 is 5.15. The minimum absolute atomic E-state index is 0.109. The molecule has 1 heterocycles. The molecule has 0 aliphatic rings. The number of hydrogen-bond acceptors (Lipinski definition) is 3. The molecule has 1 amide bonds. The predicted octanol–water partition coefficient (Wildman–Crippen LogP) is 5.04. The van der Waals surface area contributed by atoms with E-state index in [0.29, 0.717) is 5.82 Å². The van der Waals surface area contributed by atoms with Crippen LogP contribution >= 0.6 is 0 Å². The molecule has 0 saturated heterocycles. The topological polar surface area (TPSA) is 67.0 Å². The SMILES string of the molecule is COc1ccc(CC(=O)Nc2n[nH]c3cc(-c4c(C)cccc4C)ccc23)cc1. The molecule has 1 aromatic heterocycles. The van der Waals surface area contributed by atoms with Crippen molar-refractivity contribution in [2.24, 2.45) is 0 Å². The van der Waals surface area contributed by atoms with Crippen LogP contribution in [0.2, 0.25) is 0 Å². The number of hydrogen-bond donors (Lipinski definition) is 2. The van der Waals surface area contributed by atoms with E-state index in [4.69, 9.17) is 4.74 Å². The number of aromatic nitrogens is 2. The Morgan fingerprint density at radius 3 is 2.45 bits per heavy atom. The van der Waals surface area contributed by atoms with Gasteiger partial charge in [-0.05, 0) is 65.9 Å². The molecule has 0 aliphatic carbocycles. The minimum Gasteiger partial charge on any atom is -0.497 e. The van der Waals surface area contributed by atoms with Gasteiger partial charge in [0.25, 0.3) is 0 Å². The zero-order chi connectivity index (χ0) is 20.4. The van der Waals surface area contributed by atoms with Crippen LogP contribution in [0.4, 0.5) is 5.82 Å². The molecule has 5 heteroatoms. The van der Waals surface area contributed by atoms with Crippen LogP contribution in [0.1, 0.15) is 16.7 Å². The van der Waals surface area contributed by atoms with Gasteiger partial charge in [-0.15, -0.1) is 0 Å². The van der Waals surface area contributed by atoms with Crippen LogP contribution in [0.25, 0.3) is 22.0 Å². The van der Waals surface area contributed by atoms with Crippen molar-refractivity contribution >= 4 is 22.6 Å². The fourth-order valence-corrected chi connectivity index (χ4v) is 3.65. The Morgan fingerprint density at radius 1 is 1.03 bits per heavy atom. The molecule has 0 saturated carbocycles. The summed E-state index contributed by atoms with van der Waals surface area (Å²) in [6.45, 7) is 4.23. The Morgan fingerprint density at radius 2 is 1.76 bits per heavy atom. The maximum atomic E-state index is 12.5. The second-order valence-electron chi connectivity index (χ2n) is 7.17. The average molecular weight is 385 g/mol. The summed E-state index contributed by atoms with van der Waals surface area (Å²) in [6.07, 6.45) is 0.277. The Bertz CT molecular complexity index is 1160. The maximum Gasteiger partial charge on any atom is 0.230 e. The van der Waals surface area contributed by atoms with Gasteiger partial charge >= 0.3 is 0 Å². The largest absolute Gasteiger partial charge is 0.497 e. The number of fused-ring (bicyclic) bond motifs is 1. The predicted molar refractivity (Wildman–Crippen MR) is 116 cm³/mol. The number of nitrogens with one attached hydrogen (secondary N) is 2. The van der Waals surface area contributed by atoms with E-state index in [2.05, 4.69) is 59.7 Å². The molecule has 146 valence electrons.